The average molecular weight is 1640 g/mol. The summed E-state index contributed by atoms with van der Waals surface area (Å²) in [7, 11) is -0.224. The second kappa shape index (κ2) is 49.9. The first kappa shape index (κ1) is 88.7. The van der Waals surface area contributed by atoms with E-state index >= 15 is 0 Å². The van der Waals surface area contributed by atoms with Gasteiger partial charge in [0.1, 0.15) is 5.75 Å². The van der Waals surface area contributed by atoms with Crippen molar-refractivity contribution in [1.29, 1.82) is 0 Å². The molecule has 0 amide bonds. The molecule has 118 heavy (non-hydrogen) atoms. The molecule has 15 rings (SSSR count). The second-order valence-electron chi connectivity index (χ2n) is 29.4. The van der Waals surface area contributed by atoms with Crippen molar-refractivity contribution in [1.82, 2.24) is 0 Å². The molecule has 0 atom stereocenters. The van der Waals surface area contributed by atoms with Crippen LogP contribution in [0.1, 0.15) is 131 Å². The Morgan fingerprint density at radius 1 is 0.203 bits per heavy atom. The molecule has 0 aliphatic carbocycles. The molecular weight excluding hydrogens is 1520 g/mol. The Morgan fingerprint density at radius 3 is 0.737 bits per heavy atom. The molecular formula is C112H119OS5+5. The van der Waals surface area contributed by atoms with Gasteiger partial charge < -0.3 is 4.74 Å². The summed E-state index contributed by atoms with van der Waals surface area (Å²) in [4.78, 5) is 20.7. The van der Waals surface area contributed by atoms with Crippen LogP contribution in [-0.2, 0) is 67.3 Å². The summed E-state index contributed by atoms with van der Waals surface area (Å²) in [5.74, 6) is 0.955. The minimum atomic E-state index is -0.0858. The van der Waals surface area contributed by atoms with E-state index in [0.717, 1.165) is 25.2 Å². The molecule has 0 unspecified atom stereocenters. The zero-order valence-corrected chi connectivity index (χ0v) is 74.4. The lowest BCUT2D eigenvalue weighted by atomic mass is 10.1. The fourth-order valence-electron chi connectivity index (χ4n) is 14.3. The molecule has 0 N–H and O–H groups in total. The van der Waals surface area contributed by atoms with Crippen molar-refractivity contribution >= 4 is 54.5 Å². The van der Waals surface area contributed by atoms with Crippen molar-refractivity contribution in [2.75, 3.05) is 6.61 Å². The molecule has 0 aliphatic heterocycles. The van der Waals surface area contributed by atoms with Gasteiger partial charge >= 0.3 is 0 Å². The van der Waals surface area contributed by atoms with Gasteiger partial charge in [-0.2, -0.15) is 0 Å². The van der Waals surface area contributed by atoms with Crippen LogP contribution in [0.2, 0.25) is 0 Å². The topological polar surface area (TPSA) is 9.23 Å². The molecule has 0 aliphatic rings. The quantitative estimate of drug-likeness (QED) is 0.0311. The van der Waals surface area contributed by atoms with Crippen molar-refractivity contribution in [3.05, 3.63) is 446 Å². The molecule has 6 heteroatoms. The molecule has 0 fully saturated rings. The van der Waals surface area contributed by atoms with Gasteiger partial charge in [-0.3, -0.25) is 0 Å². The monoisotopic (exact) mass is 1640 g/mol. The molecule has 598 valence electrons. The zero-order valence-electron chi connectivity index (χ0n) is 70.3. The van der Waals surface area contributed by atoms with Crippen LogP contribution in [0.25, 0.3) is 0 Å². The predicted molar refractivity (Wildman–Crippen MR) is 512 cm³/mol. The minimum absolute atomic E-state index is 0.0262. The van der Waals surface area contributed by atoms with Gasteiger partial charge in [0.2, 0.25) is 0 Å². The number of unbranched alkanes of at least 4 members (excludes halogenated alkanes) is 9. The summed E-state index contributed by atoms with van der Waals surface area (Å²) in [6.07, 6.45) is 18.1. The van der Waals surface area contributed by atoms with E-state index in [0.29, 0.717) is 0 Å². The Kier molecular flexibility index (Phi) is 37.5. The summed E-state index contributed by atoms with van der Waals surface area (Å²) in [6.45, 7) is 16.4. The number of ether oxygens (including phenoxy) is 1. The lowest BCUT2D eigenvalue weighted by molar-refractivity contribution is 0.309. The SMILES string of the molecule is CCCCCCCCc1ccc([S+](c2ccccc2)c2ccccc2)cc1.CCCCCCc1ccc([S+](c2ccccc2)c2ccccc2)cc1.CCCCOc1ccc([S+](c2ccccc2)c2ccccc2)cc1.Cc1cc(C)c([S+](c2ccccc2)c2ccccc2)c(C)c1.Cc1ccccc1[S+](c1ccccc1)c1ccccc1. The fourth-order valence-corrected chi connectivity index (χ4v) is 25.1. The average Bonchev–Trinajstić information content (AvgIpc) is 0.793. The lowest BCUT2D eigenvalue weighted by Gasteiger charge is -2.13. The number of rotatable bonds is 31. The van der Waals surface area contributed by atoms with E-state index in [1.807, 2.05) is 0 Å². The third kappa shape index (κ3) is 27.5. The van der Waals surface area contributed by atoms with E-state index < -0.39 is 0 Å². The largest absolute Gasteiger partial charge is 0.494 e. The summed E-state index contributed by atoms with van der Waals surface area (Å²) < 4.78 is 5.80. The number of benzene rings is 15. The van der Waals surface area contributed by atoms with E-state index in [2.05, 4.69) is 461 Å². The maximum atomic E-state index is 5.80. The fraction of sp³-hybridized carbons (Fsp3) is 0.196. The van der Waals surface area contributed by atoms with Crippen molar-refractivity contribution in [3.8, 4) is 5.75 Å². The zero-order chi connectivity index (χ0) is 82.0. The number of hydrogen-bond donors (Lipinski definition) is 0. The van der Waals surface area contributed by atoms with Gasteiger partial charge in [0, 0.05) is 16.7 Å². The van der Waals surface area contributed by atoms with Gasteiger partial charge in [-0.05, 0) is 247 Å². The smallest absolute Gasteiger partial charge is 0.172 e. The van der Waals surface area contributed by atoms with Crippen molar-refractivity contribution < 1.29 is 4.74 Å². The Labute approximate surface area is 723 Å². The molecule has 0 spiro atoms. The molecule has 1 nitrogen and oxygen atoms in total. The first-order valence-electron chi connectivity index (χ1n) is 42.4. The Hall–Kier alpha value is -10.2. The van der Waals surface area contributed by atoms with Crippen LogP contribution in [0.3, 0.4) is 0 Å². The first-order valence-corrected chi connectivity index (χ1v) is 48.6. The Balaban J connectivity index is 0.000000145. The summed E-state index contributed by atoms with van der Waals surface area (Å²) in [5.41, 5.74) is 8.39. The minimum Gasteiger partial charge on any atom is -0.494 e. The van der Waals surface area contributed by atoms with E-state index in [-0.39, 0.29) is 54.5 Å². The number of hydrogen-bond acceptors (Lipinski definition) is 1. The molecule has 15 aromatic rings. The van der Waals surface area contributed by atoms with Gasteiger partial charge in [0.05, 0.1) is 61.1 Å². The highest BCUT2D eigenvalue weighted by molar-refractivity contribution is 7.98. The molecule has 0 aromatic heterocycles. The summed E-state index contributed by atoms with van der Waals surface area (Å²) in [5, 5.41) is 0. The molecule has 0 bridgehead atoms. The lowest BCUT2D eigenvalue weighted by Crippen LogP contribution is -2.08. The number of aryl methyl sites for hydroxylation is 6. The third-order valence-electron chi connectivity index (χ3n) is 20.2. The van der Waals surface area contributed by atoms with Crippen molar-refractivity contribution in [2.45, 2.75) is 212 Å². The van der Waals surface area contributed by atoms with Crippen LogP contribution >= 0.6 is 0 Å². The molecule has 15 aromatic carbocycles. The van der Waals surface area contributed by atoms with Crippen LogP contribution in [0, 0.1) is 27.7 Å². The standard InChI is InChI=1S/C26H31S.C24H27S.C22H23OS.C21H21S.C19H17S/c1-2-3-4-5-6-9-14-23-19-21-26(22-20-23)27(24-15-10-7-11-16-24)25-17-12-8-13-18-25;1-2-3-4-7-12-21-17-19-24(20-18-21)25(22-13-8-5-9-14-22)23-15-10-6-11-16-23;1-2-3-18-23-19-14-16-22(17-15-19)24(20-10-6-4-7-11-20)21-12-8-5-9-13-21;1-16-14-17(2)21(18(3)15-16)22(19-10-6-4-7-11-19)20-12-8-5-9-13-20;1-16-10-8-9-15-19(16)20(17-11-4-2-5-12-17)18-13-6-3-7-14-18/h7-8,10-13,15-22H,2-6,9,14H2,1H3;5-6,8-11,13-20H,2-4,7,12H2,1H3;4-17H,2-3,18H2,1H3;4-15H,1-3H3;2-15H,1H3/q5*+1. The maximum absolute atomic E-state index is 5.80. The van der Waals surface area contributed by atoms with Crippen molar-refractivity contribution in [2.24, 2.45) is 0 Å². The first-order chi connectivity index (χ1) is 58.2. The molecule has 0 radical (unpaired) electrons. The van der Waals surface area contributed by atoms with E-state index in [1.165, 1.54) is 184 Å². The van der Waals surface area contributed by atoms with Crippen LogP contribution in [-0.4, -0.2) is 6.61 Å². The van der Waals surface area contributed by atoms with Crippen LogP contribution < -0.4 is 4.74 Å². The highest BCUT2D eigenvalue weighted by Crippen LogP contribution is 2.39. The normalized spacial score (nSPS) is 10.9. The molecule has 0 heterocycles. The van der Waals surface area contributed by atoms with E-state index in [9.17, 15) is 0 Å². The molecule has 0 saturated heterocycles. The van der Waals surface area contributed by atoms with Gasteiger partial charge in [-0.15, -0.1) is 0 Å². The van der Waals surface area contributed by atoms with E-state index in [1.54, 1.807) is 0 Å². The van der Waals surface area contributed by atoms with Crippen LogP contribution in [0.5, 0.6) is 5.75 Å². The van der Waals surface area contributed by atoms with Gasteiger partial charge in [0.25, 0.3) is 0 Å². The van der Waals surface area contributed by atoms with Gasteiger partial charge in [-0.25, -0.2) is 0 Å². The van der Waals surface area contributed by atoms with Gasteiger partial charge in [-0.1, -0.05) is 321 Å². The third-order valence-corrected chi connectivity index (χ3v) is 31.8. The summed E-state index contributed by atoms with van der Waals surface area (Å²) in [6, 6.07) is 149. The maximum Gasteiger partial charge on any atom is 0.172 e. The Bertz CT molecular complexity index is 4980. The van der Waals surface area contributed by atoms with Crippen LogP contribution in [0.15, 0.2) is 486 Å². The Morgan fingerprint density at radius 2 is 0.441 bits per heavy atom. The molecule has 0 saturated carbocycles. The second-order valence-corrected chi connectivity index (χ2v) is 39.5. The van der Waals surface area contributed by atoms with Gasteiger partial charge in [0.15, 0.2) is 73.4 Å². The highest BCUT2D eigenvalue weighted by Gasteiger charge is 2.35. The van der Waals surface area contributed by atoms with E-state index in [4.69, 9.17) is 4.74 Å². The predicted octanol–water partition coefficient (Wildman–Crippen LogP) is 31.3. The highest BCUT2D eigenvalue weighted by atomic mass is 32.2. The van der Waals surface area contributed by atoms with Crippen molar-refractivity contribution in [3.63, 3.8) is 0 Å². The summed E-state index contributed by atoms with van der Waals surface area (Å²) >= 11 is 0. The van der Waals surface area contributed by atoms with Crippen LogP contribution in [0.4, 0.5) is 0 Å².